The van der Waals surface area contributed by atoms with E-state index in [4.69, 9.17) is 23.2 Å². The van der Waals surface area contributed by atoms with Gasteiger partial charge in [0.25, 0.3) is 5.91 Å². The predicted molar refractivity (Wildman–Crippen MR) is 147 cm³/mol. The number of rotatable bonds is 7. The lowest BCUT2D eigenvalue weighted by molar-refractivity contribution is -0.142. The summed E-state index contributed by atoms with van der Waals surface area (Å²) < 4.78 is 0. The van der Waals surface area contributed by atoms with Gasteiger partial charge in [-0.3, -0.25) is 9.59 Å². The Kier molecular flexibility index (Phi) is 8.88. The molecule has 2 aliphatic rings. The molecule has 0 saturated carbocycles. The molecule has 2 aromatic carbocycles. The largest absolute Gasteiger partial charge is 0.481 e. The quantitative estimate of drug-likeness (QED) is 0.453. The summed E-state index contributed by atoms with van der Waals surface area (Å²) in [6, 6.07) is 11.8. The van der Waals surface area contributed by atoms with Crippen molar-refractivity contribution in [3.8, 4) is 0 Å². The summed E-state index contributed by atoms with van der Waals surface area (Å²) in [7, 11) is 0. The van der Waals surface area contributed by atoms with E-state index in [1.54, 1.807) is 0 Å². The molecule has 0 aliphatic carbocycles. The standard InChI is InChI=1S/C27H31Cl2N3O3S/c1-3-30-13-15-32(16-14-30)26(33)18(2)22-7-8-23(25(29)24(22)28)36-21-6-4-5-20(17-21)31-11-9-19(10-12-31)27(34)35/h4-8,17,19H,2-3,9-16H2,1H3,(H,34,35). The van der Waals surface area contributed by atoms with Gasteiger partial charge in [0, 0.05) is 65.9 Å². The molecule has 6 nitrogen and oxygen atoms in total. The maximum Gasteiger partial charge on any atom is 0.306 e. The average molecular weight is 549 g/mol. The lowest BCUT2D eigenvalue weighted by atomic mass is 9.97. The number of aliphatic carboxylic acids is 1. The van der Waals surface area contributed by atoms with Crippen molar-refractivity contribution in [2.45, 2.75) is 29.6 Å². The molecule has 1 amide bonds. The zero-order chi connectivity index (χ0) is 25.8. The van der Waals surface area contributed by atoms with Gasteiger partial charge in [-0.1, -0.05) is 60.6 Å². The minimum atomic E-state index is -0.711. The molecule has 0 spiro atoms. The molecule has 192 valence electrons. The van der Waals surface area contributed by atoms with E-state index in [1.165, 1.54) is 11.8 Å². The van der Waals surface area contributed by atoms with E-state index >= 15 is 0 Å². The number of hydrogen-bond acceptors (Lipinski definition) is 5. The summed E-state index contributed by atoms with van der Waals surface area (Å²) in [4.78, 5) is 32.4. The number of anilines is 1. The third kappa shape index (κ3) is 6.02. The molecular formula is C27H31Cl2N3O3S. The summed E-state index contributed by atoms with van der Waals surface area (Å²) in [5.74, 6) is -1.08. The Bertz CT molecular complexity index is 1140. The van der Waals surface area contributed by atoms with E-state index in [0.717, 1.165) is 48.2 Å². The summed E-state index contributed by atoms with van der Waals surface area (Å²) in [6.07, 6.45) is 1.29. The Hall–Kier alpha value is -2.19. The van der Waals surface area contributed by atoms with Gasteiger partial charge in [0.15, 0.2) is 0 Å². The molecule has 0 radical (unpaired) electrons. The first-order valence-corrected chi connectivity index (χ1v) is 13.8. The maximum atomic E-state index is 13.0. The highest BCUT2D eigenvalue weighted by Crippen LogP contribution is 2.41. The molecular weight excluding hydrogens is 517 g/mol. The van der Waals surface area contributed by atoms with Gasteiger partial charge in [-0.25, -0.2) is 0 Å². The van der Waals surface area contributed by atoms with Crippen molar-refractivity contribution in [3.63, 3.8) is 0 Å². The van der Waals surface area contributed by atoms with E-state index in [2.05, 4.69) is 29.4 Å². The summed E-state index contributed by atoms with van der Waals surface area (Å²) in [5, 5.41) is 9.98. The van der Waals surface area contributed by atoms with E-state index in [-0.39, 0.29) is 11.8 Å². The molecule has 2 aromatic rings. The normalized spacial score (nSPS) is 17.3. The molecule has 1 N–H and O–H groups in total. The van der Waals surface area contributed by atoms with Crippen LogP contribution in [-0.2, 0) is 9.59 Å². The van der Waals surface area contributed by atoms with Gasteiger partial charge in [0.2, 0.25) is 0 Å². The SMILES string of the molecule is C=C(C(=O)N1CCN(CC)CC1)c1ccc(Sc2cccc(N3CCC(C(=O)O)CC3)c2)c(Cl)c1Cl. The van der Waals surface area contributed by atoms with E-state index in [1.807, 2.05) is 35.2 Å². The van der Waals surface area contributed by atoms with Gasteiger partial charge in [-0.05, 0) is 43.7 Å². The molecule has 4 rings (SSSR count). The molecule has 36 heavy (non-hydrogen) atoms. The van der Waals surface area contributed by atoms with Crippen molar-refractivity contribution in [2.75, 3.05) is 50.7 Å². The monoisotopic (exact) mass is 547 g/mol. The molecule has 2 saturated heterocycles. The van der Waals surface area contributed by atoms with E-state index < -0.39 is 5.97 Å². The molecule has 0 unspecified atom stereocenters. The highest BCUT2D eigenvalue weighted by atomic mass is 35.5. The first-order chi connectivity index (χ1) is 17.3. The number of hydrogen-bond donors (Lipinski definition) is 1. The molecule has 0 aromatic heterocycles. The third-order valence-corrected chi connectivity index (χ3v) is 9.04. The molecule has 2 aliphatic heterocycles. The number of carbonyl (C=O) groups is 2. The van der Waals surface area contributed by atoms with Crippen LogP contribution in [-0.4, -0.2) is 72.6 Å². The number of amides is 1. The molecule has 0 bridgehead atoms. The Morgan fingerprint density at radius 1 is 1.03 bits per heavy atom. The number of carbonyl (C=O) groups excluding carboxylic acids is 1. The van der Waals surface area contributed by atoms with Crippen LogP contribution < -0.4 is 4.90 Å². The van der Waals surface area contributed by atoms with Crippen LogP contribution in [0.3, 0.4) is 0 Å². The second kappa shape index (κ2) is 11.9. The van der Waals surface area contributed by atoms with Gasteiger partial charge in [0.1, 0.15) is 0 Å². The Balaban J connectivity index is 1.44. The van der Waals surface area contributed by atoms with Crippen LogP contribution >= 0.6 is 35.0 Å². The smallest absolute Gasteiger partial charge is 0.306 e. The van der Waals surface area contributed by atoms with Crippen LogP contribution in [0.1, 0.15) is 25.3 Å². The summed E-state index contributed by atoms with van der Waals surface area (Å²) >= 11 is 14.8. The zero-order valence-corrected chi connectivity index (χ0v) is 22.7. The highest BCUT2D eigenvalue weighted by Gasteiger charge is 2.26. The first kappa shape index (κ1) is 26.9. The van der Waals surface area contributed by atoms with Crippen molar-refractivity contribution in [1.29, 1.82) is 0 Å². The average Bonchev–Trinajstić information content (AvgIpc) is 2.91. The number of nitrogens with zero attached hydrogens (tertiary/aromatic N) is 3. The van der Waals surface area contributed by atoms with Gasteiger partial charge >= 0.3 is 5.97 Å². The number of piperazine rings is 1. The van der Waals surface area contributed by atoms with Gasteiger partial charge in [0.05, 0.1) is 16.0 Å². The van der Waals surface area contributed by atoms with Crippen molar-refractivity contribution in [2.24, 2.45) is 5.92 Å². The Morgan fingerprint density at radius 2 is 1.72 bits per heavy atom. The first-order valence-electron chi connectivity index (χ1n) is 12.2. The minimum absolute atomic E-state index is 0.108. The summed E-state index contributed by atoms with van der Waals surface area (Å²) in [5.41, 5.74) is 1.98. The van der Waals surface area contributed by atoms with Crippen molar-refractivity contribution in [3.05, 3.63) is 58.6 Å². The molecule has 2 fully saturated rings. The second-order valence-electron chi connectivity index (χ2n) is 9.14. The van der Waals surface area contributed by atoms with Crippen molar-refractivity contribution >= 4 is 58.1 Å². The van der Waals surface area contributed by atoms with Crippen molar-refractivity contribution < 1.29 is 14.7 Å². The number of carboxylic acids is 1. The number of piperidine rings is 1. The highest BCUT2D eigenvalue weighted by molar-refractivity contribution is 7.99. The second-order valence-corrected chi connectivity index (χ2v) is 11.0. The fourth-order valence-electron chi connectivity index (χ4n) is 4.67. The lowest BCUT2D eigenvalue weighted by Gasteiger charge is -2.34. The fourth-order valence-corrected chi connectivity index (χ4v) is 6.20. The minimum Gasteiger partial charge on any atom is -0.481 e. The maximum absolute atomic E-state index is 13.0. The fraction of sp³-hybridized carbons (Fsp3) is 0.407. The number of carboxylic acid groups (broad SMARTS) is 1. The van der Waals surface area contributed by atoms with Crippen LogP contribution in [0, 0.1) is 5.92 Å². The molecule has 2 heterocycles. The van der Waals surface area contributed by atoms with Crippen LogP contribution in [0.2, 0.25) is 10.0 Å². The topological polar surface area (TPSA) is 64.1 Å². The Labute approximate surface area is 226 Å². The van der Waals surface area contributed by atoms with E-state index in [0.29, 0.717) is 47.1 Å². The van der Waals surface area contributed by atoms with Crippen LogP contribution in [0.4, 0.5) is 5.69 Å². The van der Waals surface area contributed by atoms with Crippen molar-refractivity contribution in [1.82, 2.24) is 9.80 Å². The van der Waals surface area contributed by atoms with Crippen LogP contribution in [0.5, 0.6) is 0 Å². The number of benzene rings is 2. The molecule has 9 heteroatoms. The van der Waals surface area contributed by atoms with Gasteiger partial charge in [-0.2, -0.15) is 0 Å². The zero-order valence-electron chi connectivity index (χ0n) is 20.4. The van der Waals surface area contributed by atoms with Crippen LogP contribution in [0.25, 0.3) is 5.57 Å². The Morgan fingerprint density at radius 3 is 2.36 bits per heavy atom. The predicted octanol–water partition coefficient (Wildman–Crippen LogP) is 5.62. The van der Waals surface area contributed by atoms with Crippen LogP contribution in [0.15, 0.2) is 52.8 Å². The lowest BCUT2D eigenvalue weighted by Crippen LogP contribution is -2.48. The van der Waals surface area contributed by atoms with Gasteiger partial charge in [-0.15, -0.1) is 0 Å². The molecule has 0 atom stereocenters. The number of likely N-dealkylation sites (N-methyl/N-ethyl adjacent to an activating group) is 1. The van der Waals surface area contributed by atoms with Gasteiger partial charge < -0.3 is 19.8 Å². The number of halogens is 2. The third-order valence-electron chi connectivity index (χ3n) is 6.99. The summed E-state index contributed by atoms with van der Waals surface area (Å²) in [6.45, 7) is 11.6. The van der Waals surface area contributed by atoms with E-state index in [9.17, 15) is 14.7 Å².